The number of amides is 1. The number of methoxy groups -OCH3 is 2. The highest BCUT2D eigenvalue weighted by molar-refractivity contribution is 6.30. The average molecular weight is 445 g/mol. The lowest BCUT2D eigenvalue weighted by molar-refractivity contribution is -0.136. The summed E-state index contributed by atoms with van der Waals surface area (Å²) in [5, 5.41) is 12.3. The van der Waals surface area contributed by atoms with Crippen molar-refractivity contribution in [1.29, 1.82) is 5.26 Å². The first kappa shape index (κ1) is 23.7. The fourth-order valence-corrected chi connectivity index (χ4v) is 2.57. The number of hydrogen-bond acceptors (Lipinski definition) is 7. The van der Waals surface area contributed by atoms with Crippen molar-refractivity contribution in [2.24, 2.45) is 0 Å². The highest BCUT2D eigenvalue weighted by Crippen LogP contribution is 2.29. The summed E-state index contributed by atoms with van der Waals surface area (Å²) in [6.07, 6.45) is 1.40. The maximum absolute atomic E-state index is 12.1. The van der Waals surface area contributed by atoms with Gasteiger partial charge < -0.3 is 24.3 Å². The Labute approximate surface area is 184 Å². The largest absolute Gasteiger partial charge is 0.493 e. The summed E-state index contributed by atoms with van der Waals surface area (Å²) in [7, 11) is 2.92. The lowest BCUT2D eigenvalue weighted by Gasteiger charge is -2.11. The Balaban J connectivity index is 2.05. The van der Waals surface area contributed by atoms with E-state index in [9.17, 15) is 14.9 Å². The Morgan fingerprint density at radius 3 is 2.65 bits per heavy atom. The first-order valence-electron chi connectivity index (χ1n) is 9.13. The molecule has 2 aromatic carbocycles. The summed E-state index contributed by atoms with van der Waals surface area (Å²) in [6.45, 7) is 0.286. The zero-order valence-electron chi connectivity index (χ0n) is 17.0. The monoisotopic (exact) mass is 444 g/mol. The van der Waals surface area contributed by atoms with E-state index in [1.807, 2.05) is 6.07 Å². The molecule has 1 amide bonds. The third-order valence-electron chi connectivity index (χ3n) is 3.83. The van der Waals surface area contributed by atoms with Crippen molar-refractivity contribution in [2.75, 3.05) is 34.0 Å². The van der Waals surface area contributed by atoms with Gasteiger partial charge in [-0.3, -0.25) is 4.79 Å². The van der Waals surface area contributed by atoms with Crippen LogP contribution < -0.4 is 19.5 Å². The van der Waals surface area contributed by atoms with Crippen LogP contribution in [0, 0.1) is 11.3 Å². The summed E-state index contributed by atoms with van der Waals surface area (Å²) in [5.41, 5.74) is 0.433. The zero-order valence-corrected chi connectivity index (χ0v) is 17.8. The van der Waals surface area contributed by atoms with Gasteiger partial charge in [-0.15, -0.1) is 0 Å². The van der Waals surface area contributed by atoms with Gasteiger partial charge in [-0.25, -0.2) is 4.79 Å². The summed E-state index contributed by atoms with van der Waals surface area (Å²) < 4.78 is 20.8. The van der Waals surface area contributed by atoms with Gasteiger partial charge in [0.05, 0.1) is 13.7 Å². The van der Waals surface area contributed by atoms with E-state index in [4.69, 9.17) is 30.5 Å². The van der Waals surface area contributed by atoms with Gasteiger partial charge in [0.1, 0.15) is 17.4 Å². The molecule has 0 unspecified atom stereocenters. The maximum Gasteiger partial charge on any atom is 0.349 e. The van der Waals surface area contributed by atoms with Crippen molar-refractivity contribution in [3.8, 4) is 23.3 Å². The topological polar surface area (TPSA) is 107 Å². The number of hydrogen-bond donors (Lipinski definition) is 1. The van der Waals surface area contributed by atoms with Crippen LogP contribution in [0.3, 0.4) is 0 Å². The predicted molar refractivity (Wildman–Crippen MR) is 114 cm³/mol. The van der Waals surface area contributed by atoms with Crippen molar-refractivity contribution in [3.63, 3.8) is 0 Å². The quantitative estimate of drug-likeness (QED) is 0.197. The first-order valence-corrected chi connectivity index (χ1v) is 9.50. The molecule has 0 aromatic heterocycles. The first-order chi connectivity index (χ1) is 15.0. The molecule has 0 bridgehead atoms. The van der Waals surface area contributed by atoms with E-state index in [0.717, 1.165) is 0 Å². The van der Waals surface area contributed by atoms with Crippen LogP contribution in [-0.4, -0.2) is 45.9 Å². The molecule has 9 heteroatoms. The second-order valence-electron chi connectivity index (χ2n) is 6.05. The number of benzene rings is 2. The maximum atomic E-state index is 12.1. The SMILES string of the molecule is COCCNC(=O)/C(C#N)=C/c1ccc(OC(=O)COc2cccc(Cl)c2)c(OC)c1. The lowest BCUT2D eigenvalue weighted by atomic mass is 10.1. The Hall–Kier alpha value is -3.54. The summed E-state index contributed by atoms with van der Waals surface area (Å²) in [4.78, 5) is 24.2. The van der Waals surface area contributed by atoms with Gasteiger partial charge in [0.15, 0.2) is 18.1 Å². The molecule has 0 aliphatic heterocycles. The van der Waals surface area contributed by atoms with Crippen LogP contribution in [0.15, 0.2) is 48.0 Å². The van der Waals surface area contributed by atoms with E-state index in [0.29, 0.717) is 22.9 Å². The van der Waals surface area contributed by atoms with Crippen molar-refractivity contribution < 1.29 is 28.5 Å². The van der Waals surface area contributed by atoms with Crippen LogP contribution in [0.5, 0.6) is 17.2 Å². The van der Waals surface area contributed by atoms with Crippen LogP contribution in [0.4, 0.5) is 0 Å². The molecule has 2 rings (SSSR count). The molecular weight excluding hydrogens is 424 g/mol. The fourth-order valence-electron chi connectivity index (χ4n) is 2.39. The van der Waals surface area contributed by atoms with Gasteiger partial charge >= 0.3 is 5.97 Å². The third kappa shape index (κ3) is 7.66. The van der Waals surface area contributed by atoms with E-state index < -0.39 is 11.9 Å². The molecule has 0 spiro atoms. The minimum Gasteiger partial charge on any atom is -0.493 e. The van der Waals surface area contributed by atoms with Gasteiger partial charge in [-0.1, -0.05) is 23.7 Å². The Morgan fingerprint density at radius 1 is 1.16 bits per heavy atom. The molecule has 0 saturated heterocycles. The molecular formula is C22H21ClN2O6. The van der Waals surface area contributed by atoms with Crippen molar-refractivity contribution in [2.45, 2.75) is 0 Å². The summed E-state index contributed by atoms with van der Waals surface area (Å²) >= 11 is 5.87. The van der Waals surface area contributed by atoms with Crippen molar-refractivity contribution in [3.05, 3.63) is 58.6 Å². The van der Waals surface area contributed by atoms with Gasteiger partial charge in [0.25, 0.3) is 5.91 Å². The zero-order chi connectivity index (χ0) is 22.6. The van der Waals surface area contributed by atoms with Gasteiger partial charge in [0, 0.05) is 18.7 Å². The number of halogens is 1. The van der Waals surface area contributed by atoms with Crippen molar-refractivity contribution in [1.82, 2.24) is 5.32 Å². The highest BCUT2D eigenvalue weighted by Gasteiger charge is 2.13. The molecule has 162 valence electrons. The van der Waals surface area contributed by atoms with E-state index in [1.165, 1.54) is 26.4 Å². The van der Waals surface area contributed by atoms with Crippen LogP contribution in [0.2, 0.25) is 5.02 Å². The van der Waals surface area contributed by atoms with Gasteiger partial charge in [-0.05, 0) is 42.0 Å². The molecule has 0 saturated carbocycles. The number of carbonyl (C=O) groups excluding carboxylic acids is 2. The van der Waals surface area contributed by atoms with E-state index >= 15 is 0 Å². The summed E-state index contributed by atoms with van der Waals surface area (Å²) in [6, 6.07) is 13.1. The Kier molecular flexibility index (Phi) is 9.36. The number of nitrogens with zero attached hydrogens (tertiary/aromatic N) is 1. The molecule has 1 N–H and O–H groups in total. The normalized spacial score (nSPS) is 10.7. The minimum atomic E-state index is -0.642. The molecule has 0 radical (unpaired) electrons. The van der Waals surface area contributed by atoms with Gasteiger partial charge in [0.2, 0.25) is 0 Å². The molecule has 0 atom stereocenters. The second-order valence-corrected chi connectivity index (χ2v) is 6.49. The number of nitrogens with one attached hydrogen (secondary N) is 1. The van der Waals surface area contributed by atoms with E-state index in [1.54, 1.807) is 36.4 Å². The van der Waals surface area contributed by atoms with E-state index in [2.05, 4.69) is 5.32 Å². The van der Waals surface area contributed by atoms with Crippen LogP contribution in [-0.2, 0) is 14.3 Å². The van der Waals surface area contributed by atoms with Crippen LogP contribution in [0.1, 0.15) is 5.56 Å². The van der Waals surface area contributed by atoms with Crippen LogP contribution in [0.25, 0.3) is 6.08 Å². The molecule has 0 aliphatic carbocycles. The predicted octanol–water partition coefficient (Wildman–Crippen LogP) is 3.00. The third-order valence-corrected chi connectivity index (χ3v) is 4.07. The van der Waals surface area contributed by atoms with Crippen molar-refractivity contribution >= 4 is 29.6 Å². The number of nitriles is 1. The Bertz CT molecular complexity index is 1000. The smallest absolute Gasteiger partial charge is 0.349 e. The van der Waals surface area contributed by atoms with Crippen LogP contribution >= 0.6 is 11.6 Å². The standard InChI is InChI=1S/C22H21ClN2O6/c1-28-9-8-25-22(27)16(13-24)10-15-6-7-19(20(11-15)29-2)31-21(26)14-30-18-5-3-4-17(23)12-18/h3-7,10-12H,8-9,14H2,1-2H3,(H,25,27)/b16-10+. The highest BCUT2D eigenvalue weighted by atomic mass is 35.5. The second kappa shape index (κ2) is 12.2. The minimum absolute atomic E-state index is 0.0853. The van der Waals surface area contributed by atoms with E-state index in [-0.39, 0.29) is 30.2 Å². The molecule has 0 heterocycles. The number of rotatable bonds is 10. The number of ether oxygens (including phenoxy) is 4. The molecule has 0 aliphatic rings. The molecule has 31 heavy (non-hydrogen) atoms. The molecule has 2 aromatic rings. The van der Waals surface area contributed by atoms with Gasteiger partial charge in [-0.2, -0.15) is 5.26 Å². The lowest BCUT2D eigenvalue weighted by Crippen LogP contribution is -2.27. The molecule has 0 fully saturated rings. The Morgan fingerprint density at radius 2 is 1.97 bits per heavy atom. The summed E-state index contributed by atoms with van der Waals surface area (Å²) in [5.74, 6) is -0.307. The number of esters is 1. The molecule has 8 nitrogen and oxygen atoms in total. The average Bonchev–Trinajstić information content (AvgIpc) is 2.77. The number of carbonyl (C=O) groups is 2. The fraction of sp³-hybridized carbons (Fsp3) is 0.227.